The average molecular weight is 808 g/mol. The first-order valence-electron chi connectivity index (χ1n) is 18.2. The van der Waals surface area contributed by atoms with E-state index in [1.165, 1.54) is 14.2 Å². The Balaban J connectivity index is 1.05. The third-order valence-corrected chi connectivity index (χ3v) is 14.0. The highest BCUT2D eigenvalue weighted by atomic mass is 35.5. The van der Waals surface area contributed by atoms with Crippen LogP contribution in [-0.2, 0) is 19.1 Å². The Labute approximate surface area is 329 Å². The highest BCUT2D eigenvalue weighted by Gasteiger charge is 2.56. The van der Waals surface area contributed by atoms with Gasteiger partial charge in [0.2, 0.25) is 11.8 Å². The number of carbonyl (C=O) groups excluding carboxylic acids is 4. The van der Waals surface area contributed by atoms with Gasteiger partial charge in [0.1, 0.15) is 45.4 Å². The summed E-state index contributed by atoms with van der Waals surface area (Å²) in [5.41, 5.74) is 4.81. The minimum absolute atomic E-state index is 0.123. The number of nitrogens with one attached hydrogen (secondary N) is 4. The van der Waals surface area contributed by atoms with Crippen molar-refractivity contribution >= 4 is 55.3 Å². The number of amides is 4. The van der Waals surface area contributed by atoms with E-state index in [0.717, 1.165) is 41.1 Å². The minimum atomic E-state index is -1.77. The first-order valence-corrected chi connectivity index (χ1v) is 22.4. The predicted molar refractivity (Wildman–Crippen MR) is 210 cm³/mol. The van der Waals surface area contributed by atoms with Crippen LogP contribution in [0.2, 0.25) is 29.4 Å². The van der Waals surface area contributed by atoms with Gasteiger partial charge < -0.3 is 39.9 Å². The summed E-state index contributed by atoms with van der Waals surface area (Å²) in [7, 11) is 0.755. The Morgan fingerprint density at radius 1 is 0.745 bits per heavy atom. The number of piperidine rings is 1. The number of rotatable bonds is 9. The molecular formula is C38H44Cl2N8O6Si. The Bertz CT molecular complexity index is 2120. The summed E-state index contributed by atoms with van der Waals surface area (Å²) in [6.45, 7) is 7.76. The van der Waals surface area contributed by atoms with E-state index in [4.69, 9.17) is 33.2 Å². The summed E-state index contributed by atoms with van der Waals surface area (Å²) in [6, 6.07) is 14.7. The largest absolute Gasteiger partial charge is 0.453 e. The molecule has 7 rings (SSSR count). The van der Waals surface area contributed by atoms with Gasteiger partial charge in [-0.15, -0.1) is 0 Å². The number of alkyl carbamates (subject to hydrolysis) is 2. The summed E-state index contributed by atoms with van der Waals surface area (Å²) >= 11 is 13.4. The van der Waals surface area contributed by atoms with Crippen LogP contribution in [0.25, 0.3) is 33.6 Å². The molecule has 4 N–H and O–H groups in total. The highest BCUT2D eigenvalue weighted by Crippen LogP contribution is 2.53. The lowest BCUT2D eigenvalue weighted by Crippen LogP contribution is -2.48. The molecule has 0 spiro atoms. The number of hydrogen-bond donors (Lipinski definition) is 4. The monoisotopic (exact) mass is 806 g/mol. The molecule has 17 heteroatoms. The molecule has 290 valence electrons. The molecule has 3 fully saturated rings. The number of benzene rings is 2. The van der Waals surface area contributed by atoms with Gasteiger partial charge in [0.15, 0.2) is 0 Å². The third kappa shape index (κ3) is 7.69. The Hall–Kier alpha value is -4.86. The number of H-pyrrole nitrogens is 2. The Morgan fingerprint density at radius 3 is 1.69 bits per heavy atom. The van der Waals surface area contributed by atoms with Crippen molar-refractivity contribution in [1.29, 1.82) is 0 Å². The molecule has 3 aliphatic rings. The molecule has 55 heavy (non-hydrogen) atoms. The fourth-order valence-corrected chi connectivity index (χ4v) is 11.3. The molecule has 2 saturated heterocycles. The number of aromatic amines is 2. The van der Waals surface area contributed by atoms with Crippen molar-refractivity contribution in [2.75, 3.05) is 20.4 Å². The van der Waals surface area contributed by atoms with Crippen LogP contribution in [0.1, 0.15) is 50.4 Å². The lowest BCUT2D eigenvalue weighted by molar-refractivity contribution is -0.135. The van der Waals surface area contributed by atoms with Gasteiger partial charge in [-0.05, 0) is 49.8 Å². The second kappa shape index (κ2) is 15.0. The summed E-state index contributed by atoms with van der Waals surface area (Å²) < 4.78 is 9.36. The predicted octanol–water partition coefficient (Wildman–Crippen LogP) is 6.72. The molecule has 0 bridgehead atoms. The van der Waals surface area contributed by atoms with Crippen LogP contribution in [0.3, 0.4) is 0 Å². The van der Waals surface area contributed by atoms with E-state index in [1.807, 2.05) is 53.4 Å². The van der Waals surface area contributed by atoms with Gasteiger partial charge in [-0.3, -0.25) is 9.59 Å². The van der Waals surface area contributed by atoms with E-state index in [1.54, 1.807) is 18.7 Å². The molecule has 2 aliphatic heterocycles. The number of hydrogen-bond acceptors (Lipinski definition) is 8. The van der Waals surface area contributed by atoms with Crippen LogP contribution >= 0.6 is 23.2 Å². The number of fused-ring (bicyclic) bond motifs is 1. The zero-order chi connectivity index (χ0) is 39.3. The van der Waals surface area contributed by atoms with Crippen LogP contribution in [0.4, 0.5) is 9.59 Å². The lowest BCUT2D eigenvalue weighted by atomic mass is 10.0. The standard InChI is InChI=1S/C38H44Cl2N8O6Si/c1-19(41-37(51)53-3)35(49)47-18-55(5,6)17-28(47)34-44-30(32(40)46-34)24-13-9-22(10-14-24)21-7-11-23(12-8-21)29-31(39)45-33(43-29)27-16-25-15-26(25)48(27)36(50)20(2)42-38(52)54-4/h7-14,19-20,25-28H,15-18H2,1-6H3,(H,41,51)(H,42,52)(H,43,45)(H,44,46)/t19-,20-,25+,26+,27-,28-/m0/s1. The molecule has 0 radical (unpaired) electrons. The molecule has 1 aliphatic carbocycles. The number of carbonyl (C=O) groups is 4. The number of halogens is 2. The molecule has 4 heterocycles. The zero-order valence-electron chi connectivity index (χ0n) is 31.4. The van der Waals surface area contributed by atoms with Gasteiger partial charge in [0.25, 0.3) is 0 Å². The summed E-state index contributed by atoms with van der Waals surface area (Å²) in [6.07, 6.45) is 1.04. The van der Waals surface area contributed by atoms with Crippen molar-refractivity contribution in [2.24, 2.45) is 5.92 Å². The number of methoxy groups -OCH3 is 2. The fraction of sp³-hybridized carbons (Fsp3) is 0.421. The zero-order valence-corrected chi connectivity index (χ0v) is 33.9. The molecule has 0 unspecified atom stereocenters. The van der Waals surface area contributed by atoms with Gasteiger partial charge in [-0.2, -0.15) is 0 Å². The van der Waals surface area contributed by atoms with E-state index in [2.05, 4.69) is 43.2 Å². The summed E-state index contributed by atoms with van der Waals surface area (Å²) in [4.78, 5) is 70.2. The van der Waals surface area contributed by atoms with Crippen molar-refractivity contribution in [3.63, 3.8) is 0 Å². The van der Waals surface area contributed by atoms with Crippen molar-refractivity contribution in [2.45, 2.75) is 76.0 Å². The van der Waals surface area contributed by atoms with Crippen LogP contribution in [0.15, 0.2) is 48.5 Å². The summed E-state index contributed by atoms with van der Waals surface area (Å²) in [5, 5.41) is 5.93. The van der Waals surface area contributed by atoms with Crippen molar-refractivity contribution in [3.05, 3.63) is 70.5 Å². The smallest absolute Gasteiger partial charge is 0.407 e. The number of aromatic nitrogens is 4. The normalized spacial score (nSPS) is 22.1. The van der Waals surface area contributed by atoms with Crippen molar-refractivity contribution in [1.82, 2.24) is 40.4 Å². The molecular weight excluding hydrogens is 763 g/mol. The number of ether oxygens (including phenoxy) is 2. The number of likely N-dealkylation sites (tertiary alicyclic amines) is 1. The average Bonchev–Trinajstić information content (AvgIpc) is 3.45. The van der Waals surface area contributed by atoms with E-state index in [9.17, 15) is 19.2 Å². The molecule has 6 atom stereocenters. The molecule has 4 amide bonds. The first kappa shape index (κ1) is 38.4. The highest BCUT2D eigenvalue weighted by molar-refractivity contribution is 6.78. The van der Waals surface area contributed by atoms with Gasteiger partial charge in [0.05, 0.1) is 34.4 Å². The van der Waals surface area contributed by atoms with Gasteiger partial charge in [-0.25, -0.2) is 19.6 Å². The molecule has 2 aromatic carbocycles. The number of nitrogens with zero attached hydrogens (tertiary/aromatic N) is 4. The quantitative estimate of drug-likeness (QED) is 0.135. The van der Waals surface area contributed by atoms with Crippen molar-refractivity contribution in [3.8, 4) is 33.6 Å². The number of imidazole rings is 2. The second-order valence-electron chi connectivity index (χ2n) is 15.3. The Morgan fingerprint density at radius 2 is 1.20 bits per heavy atom. The summed E-state index contributed by atoms with van der Waals surface area (Å²) in [5.74, 6) is 1.26. The van der Waals surface area contributed by atoms with E-state index in [0.29, 0.717) is 45.4 Å². The molecule has 2 aromatic heterocycles. The van der Waals surface area contributed by atoms with Crippen LogP contribution in [-0.4, -0.2) is 100 Å². The molecule has 14 nitrogen and oxygen atoms in total. The van der Waals surface area contributed by atoms with Crippen molar-refractivity contribution < 1.29 is 28.7 Å². The van der Waals surface area contributed by atoms with Gasteiger partial charge >= 0.3 is 12.2 Å². The molecule has 4 aromatic rings. The maximum absolute atomic E-state index is 13.4. The molecule has 1 saturated carbocycles. The van der Waals surface area contributed by atoms with Crippen LogP contribution in [0, 0.1) is 5.92 Å². The van der Waals surface area contributed by atoms with Crippen LogP contribution in [0.5, 0.6) is 0 Å². The SMILES string of the molecule is COC(=O)N[C@@H](C)C(=O)N1C[Si](C)(C)C[C@H]1c1nc(-c2ccc(-c3ccc(-c4nc([C@@H]5C[C@H]6C[C@H]6N5C(=O)[C@H](C)NC(=O)OC)[nH]c4Cl)cc3)cc2)c(Cl)[nH]1. The topological polar surface area (TPSA) is 175 Å². The third-order valence-electron chi connectivity index (χ3n) is 10.8. The maximum Gasteiger partial charge on any atom is 0.407 e. The first-order chi connectivity index (χ1) is 26.2. The lowest BCUT2D eigenvalue weighted by Gasteiger charge is -2.29. The van der Waals surface area contributed by atoms with Gasteiger partial charge in [0, 0.05) is 23.3 Å². The minimum Gasteiger partial charge on any atom is -0.453 e. The van der Waals surface area contributed by atoms with Gasteiger partial charge in [-0.1, -0.05) is 84.8 Å². The fourth-order valence-electron chi connectivity index (χ4n) is 7.91. The second-order valence-corrected chi connectivity index (χ2v) is 21.2. The van der Waals surface area contributed by atoms with Crippen LogP contribution < -0.4 is 10.6 Å². The maximum atomic E-state index is 13.4. The van der Waals surface area contributed by atoms with E-state index >= 15 is 0 Å². The Kier molecular flexibility index (Phi) is 10.5. The van der Waals surface area contributed by atoms with E-state index < -0.39 is 32.3 Å². The van der Waals surface area contributed by atoms with E-state index in [-0.39, 0.29) is 29.9 Å².